The zero-order valence-corrected chi connectivity index (χ0v) is 28.7. The molecule has 6 aromatic rings. The molecule has 4 nitrogen and oxygen atoms in total. The summed E-state index contributed by atoms with van der Waals surface area (Å²) in [5.41, 5.74) is -13.2. The van der Waals surface area contributed by atoms with E-state index >= 15 is 35.1 Å². The minimum absolute atomic E-state index is 0.0541. The number of carbonyl (C=O) groups is 1. The van der Waals surface area contributed by atoms with Crippen LogP contribution in [0.4, 0.5) is 87.8 Å². The third kappa shape index (κ3) is 7.23. The number of benzene rings is 5. The van der Waals surface area contributed by atoms with Crippen molar-refractivity contribution in [1.82, 2.24) is 4.98 Å². The van der Waals surface area contributed by atoms with Crippen LogP contribution < -0.4 is 26.4 Å². The molecule has 0 aliphatic heterocycles. The summed E-state index contributed by atoms with van der Waals surface area (Å²) in [6, 6.07) is 9.84. The maximum absolute atomic E-state index is 15.4. The summed E-state index contributed by atoms with van der Waals surface area (Å²) in [5.74, 6) is -72.4. The Labute approximate surface area is 324 Å². The highest BCUT2D eigenvalue weighted by Gasteiger charge is 2.52. The average Bonchev–Trinajstić information content (AvgIpc) is 3.24. The number of hydrogen-bond acceptors (Lipinski definition) is 2. The summed E-state index contributed by atoms with van der Waals surface area (Å²) in [6.45, 7) is 0.642. The van der Waals surface area contributed by atoms with E-state index in [0.29, 0.717) is 6.54 Å². The van der Waals surface area contributed by atoms with E-state index in [0.717, 1.165) is 5.56 Å². The predicted octanol–water partition coefficient (Wildman–Crippen LogP) is 6.96. The van der Waals surface area contributed by atoms with Crippen molar-refractivity contribution < 1.29 is 102 Å². The SMILES string of the molecule is Fc1c(F)c(F)c([B-](c2c(F)c(F)c(F)c(F)c2F)(c2c(F)c(F)c(F)c(F)c2F)c2c(F)c(F)c(F)c(F)c2F)c(F)c1F.O=C(O)c1c[n+](Cc2ccccc2)ccn1. The molecule has 1 aromatic heterocycles. The van der Waals surface area contributed by atoms with Crippen LogP contribution in [-0.2, 0) is 6.54 Å². The van der Waals surface area contributed by atoms with Crippen LogP contribution in [0.15, 0.2) is 48.9 Å². The molecule has 0 unspecified atom stereocenters. The van der Waals surface area contributed by atoms with Gasteiger partial charge in [-0.15, -0.1) is 21.9 Å². The summed E-state index contributed by atoms with van der Waals surface area (Å²) >= 11 is 0. The lowest BCUT2D eigenvalue weighted by Crippen LogP contribution is -2.81. The van der Waals surface area contributed by atoms with Crippen LogP contribution in [0.5, 0.6) is 0 Å². The van der Waals surface area contributed by atoms with Gasteiger partial charge >= 0.3 is 5.97 Å². The second-order valence-corrected chi connectivity index (χ2v) is 12.2. The molecule has 0 atom stereocenters. The molecule has 0 saturated heterocycles. The summed E-state index contributed by atoms with van der Waals surface area (Å²) in [7, 11) is 0. The van der Waals surface area contributed by atoms with Crippen molar-refractivity contribution in [1.29, 1.82) is 0 Å². The first-order valence-corrected chi connectivity index (χ1v) is 15.8. The smallest absolute Gasteiger partial charge is 0.360 e. The molecule has 61 heavy (non-hydrogen) atoms. The van der Waals surface area contributed by atoms with E-state index in [4.69, 9.17) is 5.11 Å². The van der Waals surface area contributed by atoms with Gasteiger partial charge in [0.1, 0.15) is 52.7 Å². The molecule has 0 radical (unpaired) electrons. The van der Waals surface area contributed by atoms with Crippen molar-refractivity contribution >= 4 is 34.0 Å². The fraction of sp³-hybridized carbons (Fsp3) is 0.0278. The molecule has 5 aromatic carbocycles. The monoisotopic (exact) mass is 894 g/mol. The van der Waals surface area contributed by atoms with Gasteiger partial charge in [0.05, 0.1) is 6.20 Å². The van der Waals surface area contributed by atoms with Crippen LogP contribution in [-0.4, -0.2) is 22.2 Å². The Morgan fingerprint density at radius 3 is 0.967 bits per heavy atom. The molecule has 0 aliphatic carbocycles. The first kappa shape index (κ1) is 45.4. The topological polar surface area (TPSA) is 54.1 Å². The van der Waals surface area contributed by atoms with Crippen molar-refractivity contribution in [2.45, 2.75) is 6.54 Å². The molecule has 1 heterocycles. The van der Waals surface area contributed by atoms with E-state index in [9.17, 15) is 57.5 Å². The van der Waals surface area contributed by atoms with Crippen LogP contribution in [0.3, 0.4) is 0 Å². The fourth-order valence-electron chi connectivity index (χ4n) is 6.31. The molecule has 0 fully saturated rings. The van der Waals surface area contributed by atoms with Gasteiger partial charge in [-0.25, -0.2) is 97.6 Å². The highest BCUT2D eigenvalue weighted by atomic mass is 19.2. The second-order valence-electron chi connectivity index (χ2n) is 12.2. The maximum Gasteiger partial charge on any atom is 0.360 e. The van der Waals surface area contributed by atoms with Crippen LogP contribution in [0.25, 0.3) is 0 Å². The highest BCUT2D eigenvalue weighted by Crippen LogP contribution is 2.30. The van der Waals surface area contributed by atoms with Crippen LogP contribution in [0.1, 0.15) is 16.1 Å². The first-order chi connectivity index (χ1) is 28.5. The van der Waals surface area contributed by atoms with Crippen molar-refractivity contribution in [2.75, 3.05) is 0 Å². The number of aromatic nitrogens is 2. The van der Waals surface area contributed by atoms with Gasteiger partial charge in [-0.3, -0.25) is 0 Å². The average molecular weight is 894 g/mol. The minimum Gasteiger partial charge on any atom is -0.476 e. The van der Waals surface area contributed by atoms with E-state index in [-0.39, 0.29) is 5.69 Å². The normalized spacial score (nSPS) is 11.5. The molecule has 0 spiro atoms. The number of rotatable bonds is 7. The predicted molar refractivity (Wildman–Crippen MR) is 166 cm³/mol. The zero-order valence-electron chi connectivity index (χ0n) is 28.7. The molecular formula is C36H11BF20N2O2. The van der Waals surface area contributed by atoms with E-state index in [1.807, 2.05) is 30.3 Å². The van der Waals surface area contributed by atoms with Crippen LogP contribution >= 0.6 is 0 Å². The highest BCUT2D eigenvalue weighted by molar-refractivity contribution is 7.20. The standard InChI is InChI=1S/C24BF20.C12H10N2O2/c26-5-1(6(27)14(35)21(42)13(5)34)25(2-7(28)15(36)22(43)16(37)8(2)29,3-9(30)17(38)23(44)18(39)10(3)31)4-11(32)19(40)24(45)20(41)12(4)33;15-12(16)11-9-14(7-6-13-11)8-10-4-2-1-3-5-10/h;1-7,9H,8H2/q-1;/p+1. The van der Waals surface area contributed by atoms with Gasteiger partial charge in [-0.1, -0.05) is 30.3 Å². The van der Waals surface area contributed by atoms with Gasteiger partial charge in [0.2, 0.25) is 11.9 Å². The molecular weight excluding hydrogens is 883 g/mol. The van der Waals surface area contributed by atoms with Gasteiger partial charge < -0.3 is 5.11 Å². The first-order valence-electron chi connectivity index (χ1n) is 15.8. The second kappa shape index (κ2) is 16.8. The molecule has 25 heteroatoms. The molecule has 320 valence electrons. The minimum atomic E-state index is -7.22. The lowest BCUT2D eigenvalue weighted by atomic mass is 9.12. The summed E-state index contributed by atoms with van der Waals surface area (Å²) < 4.78 is 296. The van der Waals surface area contributed by atoms with Crippen molar-refractivity contribution in [3.63, 3.8) is 0 Å². The van der Waals surface area contributed by atoms with Gasteiger partial charge in [0, 0.05) is 5.56 Å². The van der Waals surface area contributed by atoms with Crippen molar-refractivity contribution in [2.24, 2.45) is 0 Å². The molecule has 0 saturated carbocycles. The number of hydrogen-bond donors (Lipinski definition) is 1. The summed E-state index contributed by atoms with van der Waals surface area (Å²) in [4.78, 5) is 14.5. The summed E-state index contributed by atoms with van der Waals surface area (Å²) in [6.07, 6.45) is -2.45. The van der Waals surface area contributed by atoms with E-state index in [1.165, 1.54) is 12.4 Å². The third-order valence-corrected chi connectivity index (χ3v) is 8.89. The fourth-order valence-corrected chi connectivity index (χ4v) is 6.31. The van der Waals surface area contributed by atoms with E-state index in [1.54, 1.807) is 10.8 Å². The third-order valence-electron chi connectivity index (χ3n) is 8.89. The van der Waals surface area contributed by atoms with Gasteiger partial charge in [-0.05, 0) is 0 Å². The Morgan fingerprint density at radius 2 is 0.705 bits per heavy atom. The molecule has 0 aliphatic rings. The van der Waals surface area contributed by atoms with Crippen LogP contribution in [0, 0.1) is 116 Å². The van der Waals surface area contributed by atoms with Crippen molar-refractivity contribution in [3.05, 3.63) is 177 Å². The van der Waals surface area contributed by atoms with Crippen molar-refractivity contribution in [3.8, 4) is 0 Å². The maximum atomic E-state index is 15.4. The Bertz CT molecular complexity index is 2390. The molecule has 0 bridgehead atoms. The largest absolute Gasteiger partial charge is 0.476 e. The van der Waals surface area contributed by atoms with E-state index < -0.39 is 150 Å². The van der Waals surface area contributed by atoms with E-state index in [2.05, 4.69) is 4.98 Å². The number of nitrogens with zero attached hydrogens (tertiary/aromatic N) is 2. The Hall–Kier alpha value is -6.69. The Morgan fingerprint density at radius 1 is 0.443 bits per heavy atom. The number of carboxylic acids is 1. The number of carboxylic acid groups (broad SMARTS) is 1. The van der Waals surface area contributed by atoms with Gasteiger partial charge in [0.15, 0.2) is 82.5 Å². The molecule has 0 amide bonds. The Kier molecular flexibility index (Phi) is 12.5. The molecule has 6 rings (SSSR count). The quantitative estimate of drug-likeness (QED) is 0.0621. The lowest BCUT2D eigenvalue weighted by molar-refractivity contribution is -0.689. The number of aromatic carboxylic acids is 1. The van der Waals surface area contributed by atoms with Crippen LogP contribution in [0.2, 0.25) is 0 Å². The van der Waals surface area contributed by atoms with Gasteiger partial charge in [-0.2, -0.15) is 4.57 Å². The summed E-state index contributed by atoms with van der Waals surface area (Å²) in [5, 5.41) is 8.80. The molecule has 1 N–H and O–H groups in total. The lowest BCUT2D eigenvalue weighted by Gasteiger charge is -2.44. The van der Waals surface area contributed by atoms with Gasteiger partial charge in [0.25, 0.3) is 0 Å². The number of halogens is 20. The Balaban J connectivity index is 0.000000366. The zero-order chi connectivity index (χ0) is 45.7.